The highest BCUT2D eigenvalue weighted by Crippen LogP contribution is 1.96. The molecular weight excluding hydrogens is 188 g/mol. The van der Waals surface area contributed by atoms with Gasteiger partial charge in [0.25, 0.3) is 0 Å². The van der Waals surface area contributed by atoms with Crippen molar-refractivity contribution in [3.05, 3.63) is 0 Å². The number of hydrogen-bond acceptors (Lipinski definition) is 5. The first-order valence-electron chi connectivity index (χ1n) is 4.50. The SMILES string of the molecule is NCCCC[C@H](N)C(=O)O.OCCO. The summed E-state index contributed by atoms with van der Waals surface area (Å²) in [5.74, 6) is -0.933. The van der Waals surface area contributed by atoms with Crippen LogP contribution in [0.1, 0.15) is 19.3 Å². The Morgan fingerprint density at radius 1 is 1.21 bits per heavy atom. The number of carboxylic acids is 1. The van der Waals surface area contributed by atoms with Gasteiger partial charge in [0.1, 0.15) is 6.04 Å². The van der Waals surface area contributed by atoms with E-state index in [1.807, 2.05) is 0 Å². The number of hydrogen-bond donors (Lipinski definition) is 5. The van der Waals surface area contributed by atoms with Gasteiger partial charge in [0.15, 0.2) is 0 Å². The zero-order valence-corrected chi connectivity index (χ0v) is 8.22. The molecule has 0 aliphatic rings. The van der Waals surface area contributed by atoms with E-state index in [2.05, 4.69) is 0 Å². The molecule has 0 spiro atoms. The normalized spacial score (nSPS) is 11.4. The van der Waals surface area contributed by atoms with E-state index in [0.29, 0.717) is 13.0 Å². The van der Waals surface area contributed by atoms with Crippen molar-refractivity contribution < 1.29 is 20.1 Å². The van der Waals surface area contributed by atoms with E-state index in [0.717, 1.165) is 12.8 Å². The molecule has 0 saturated heterocycles. The Morgan fingerprint density at radius 3 is 2.00 bits per heavy atom. The fraction of sp³-hybridized carbons (Fsp3) is 0.875. The average Bonchev–Trinajstić information content (AvgIpc) is 2.18. The van der Waals surface area contributed by atoms with Crippen LogP contribution in [0.2, 0.25) is 0 Å². The molecule has 0 radical (unpaired) electrons. The minimum Gasteiger partial charge on any atom is -0.480 e. The Bertz CT molecular complexity index is 131. The highest BCUT2D eigenvalue weighted by molar-refractivity contribution is 5.72. The number of aliphatic carboxylic acids is 1. The minimum absolute atomic E-state index is 0.125. The molecule has 0 aliphatic heterocycles. The van der Waals surface area contributed by atoms with Crippen LogP contribution in [0.25, 0.3) is 0 Å². The first-order chi connectivity index (χ1) is 6.59. The molecule has 86 valence electrons. The van der Waals surface area contributed by atoms with Crippen LogP contribution in [0.3, 0.4) is 0 Å². The average molecular weight is 208 g/mol. The van der Waals surface area contributed by atoms with Gasteiger partial charge in [0.2, 0.25) is 0 Å². The highest BCUT2D eigenvalue weighted by Gasteiger charge is 2.09. The highest BCUT2D eigenvalue weighted by atomic mass is 16.4. The second kappa shape index (κ2) is 12.3. The Hall–Kier alpha value is -0.690. The Labute approximate surface area is 83.5 Å². The number of nitrogens with two attached hydrogens (primary N) is 2. The molecule has 0 aromatic rings. The lowest BCUT2D eigenvalue weighted by atomic mass is 10.1. The van der Waals surface area contributed by atoms with Crippen molar-refractivity contribution in [2.75, 3.05) is 19.8 Å². The quantitative estimate of drug-likeness (QED) is 0.338. The van der Waals surface area contributed by atoms with Gasteiger partial charge in [-0.15, -0.1) is 0 Å². The first-order valence-corrected chi connectivity index (χ1v) is 4.50. The summed E-state index contributed by atoms with van der Waals surface area (Å²) in [5, 5.41) is 23.6. The molecule has 0 aliphatic carbocycles. The zero-order valence-electron chi connectivity index (χ0n) is 8.22. The molecule has 14 heavy (non-hydrogen) atoms. The molecule has 0 aromatic carbocycles. The number of aliphatic hydroxyl groups excluding tert-OH is 2. The van der Waals surface area contributed by atoms with Crippen molar-refractivity contribution in [1.29, 1.82) is 0 Å². The van der Waals surface area contributed by atoms with E-state index in [4.69, 9.17) is 26.8 Å². The lowest BCUT2D eigenvalue weighted by Crippen LogP contribution is -2.29. The van der Waals surface area contributed by atoms with Crippen LogP contribution in [-0.4, -0.2) is 47.1 Å². The molecule has 0 aromatic heterocycles. The summed E-state index contributed by atoms with van der Waals surface area (Å²) in [6, 6.07) is -0.716. The zero-order chi connectivity index (χ0) is 11.4. The van der Waals surface area contributed by atoms with Crippen molar-refractivity contribution >= 4 is 5.97 Å². The van der Waals surface area contributed by atoms with Crippen molar-refractivity contribution in [2.24, 2.45) is 11.5 Å². The monoisotopic (exact) mass is 208 g/mol. The fourth-order valence-electron chi connectivity index (χ4n) is 0.632. The maximum atomic E-state index is 10.1. The molecular formula is C8H20N2O4. The molecule has 0 unspecified atom stereocenters. The van der Waals surface area contributed by atoms with Crippen molar-refractivity contribution in [3.63, 3.8) is 0 Å². The van der Waals surface area contributed by atoms with Gasteiger partial charge in [-0.3, -0.25) is 4.79 Å². The second-order valence-electron chi connectivity index (χ2n) is 2.68. The van der Waals surface area contributed by atoms with Crippen molar-refractivity contribution in [2.45, 2.75) is 25.3 Å². The number of aliphatic hydroxyl groups is 2. The molecule has 0 bridgehead atoms. The Morgan fingerprint density at radius 2 is 1.71 bits per heavy atom. The van der Waals surface area contributed by atoms with Crippen molar-refractivity contribution in [3.8, 4) is 0 Å². The molecule has 0 amide bonds. The minimum atomic E-state index is -0.933. The van der Waals surface area contributed by atoms with Crippen LogP contribution in [0.15, 0.2) is 0 Å². The summed E-state index contributed by atoms with van der Waals surface area (Å²) in [4.78, 5) is 10.1. The van der Waals surface area contributed by atoms with Gasteiger partial charge in [-0.05, 0) is 19.4 Å². The Kier molecular flexibility index (Phi) is 13.9. The van der Waals surface area contributed by atoms with Crippen LogP contribution >= 0.6 is 0 Å². The molecule has 0 saturated carbocycles. The molecule has 6 nitrogen and oxygen atoms in total. The van der Waals surface area contributed by atoms with Gasteiger partial charge < -0.3 is 26.8 Å². The summed E-state index contributed by atoms with van der Waals surface area (Å²) in [5.41, 5.74) is 10.4. The summed E-state index contributed by atoms with van der Waals surface area (Å²) < 4.78 is 0. The molecule has 7 N–H and O–H groups in total. The van der Waals surface area contributed by atoms with Crippen LogP contribution in [0, 0.1) is 0 Å². The van der Waals surface area contributed by atoms with E-state index in [9.17, 15) is 4.79 Å². The smallest absolute Gasteiger partial charge is 0.320 e. The van der Waals surface area contributed by atoms with Crippen molar-refractivity contribution in [1.82, 2.24) is 0 Å². The predicted octanol–water partition coefficient (Wildman–Crippen LogP) is -1.50. The second-order valence-corrected chi connectivity index (χ2v) is 2.68. The van der Waals surface area contributed by atoms with E-state index >= 15 is 0 Å². The lowest BCUT2D eigenvalue weighted by molar-refractivity contribution is -0.138. The number of rotatable bonds is 6. The third-order valence-corrected chi connectivity index (χ3v) is 1.39. The fourth-order valence-corrected chi connectivity index (χ4v) is 0.632. The standard InChI is InChI=1S/C6H14N2O2.C2H6O2/c7-4-2-1-3-5(8)6(9)10;3-1-2-4/h5H,1-4,7-8H2,(H,9,10);3-4H,1-2H2/t5-;/m0./s1. The summed E-state index contributed by atoms with van der Waals surface area (Å²) in [7, 11) is 0. The predicted molar refractivity (Wildman–Crippen MR) is 52.7 cm³/mol. The van der Waals surface area contributed by atoms with Crippen LogP contribution in [0.4, 0.5) is 0 Å². The van der Waals surface area contributed by atoms with Crippen LogP contribution in [0.5, 0.6) is 0 Å². The summed E-state index contributed by atoms with van der Waals surface area (Å²) in [6.45, 7) is 0.354. The van der Waals surface area contributed by atoms with Gasteiger partial charge in [-0.2, -0.15) is 0 Å². The lowest BCUT2D eigenvalue weighted by Gasteiger charge is -2.03. The van der Waals surface area contributed by atoms with Gasteiger partial charge >= 0.3 is 5.97 Å². The van der Waals surface area contributed by atoms with E-state index in [-0.39, 0.29) is 13.2 Å². The van der Waals surface area contributed by atoms with Gasteiger partial charge in [-0.25, -0.2) is 0 Å². The molecule has 0 heterocycles. The third kappa shape index (κ3) is 13.9. The van der Waals surface area contributed by atoms with Gasteiger partial charge in [0.05, 0.1) is 13.2 Å². The first kappa shape index (κ1) is 15.8. The largest absolute Gasteiger partial charge is 0.480 e. The third-order valence-electron chi connectivity index (χ3n) is 1.39. The van der Waals surface area contributed by atoms with Gasteiger partial charge in [0, 0.05) is 0 Å². The van der Waals surface area contributed by atoms with E-state index in [1.165, 1.54) is 0 Å². The summed E-state index contributed by atoms with van der Waals surface area (Å²) >= 11 is 0. The van der Waals surface area contributed by atoms with Gasteiger partial charge in [-0.1, -0.05) is 6.42 Å². The summed E-state index contributed by atoms with van der Waals surface area (Å²) in [6.07, 6.45) is 2.16. The maximum Gasteiger partial charge on any atom is 0.320 e. The molecule has 0 fully saturated rings. The maximum absolute atomic E-state index is 10.1. The molecule has 1 atom stereocenters. The number of unbranched alkanes of at least 4 members (excludes halogenated alkanes) is 1. The molecule has 0 rings (SSSR count). The van der Waals surface area contributed by atoms with Crippen LogP contribution < -0.4 is 11.5 Å². The molecule has 6 heteroatoms. The van der Waals surface area contributed by atoms with E-state index < -0.39 is 12.0 Å². The van der Waals surface area contributed by atoms with Crippen LogP contribution in [-0.2, 0) is 4.79 Å². The number of carbonyl (C=O) groups is 1. The van der Waals surface area contributed by atoms with E-state index in [1.54, 1.807) is 0 Å². The topological polar surface area (TPSA) is 130 Å². The number of carboxylic acid groups (broad SMARTS) is 1. The Balaban J connectivity index is 0.